The molecule has 0 radical (unpaired) electrons. The highest BCUT2D eigenvalue weighted by molar-refractivity contribution is 6.19. The van der Waals surface area contributed by atoms with Gasteiger partial charge in [0, 0.05) is 11.1 Å². The molecular weight excluding hydrogens is 423 g/mol. The minimum Gasteiger partial charge on any atom is -0.420 e. The molecule has 0 spiro atoms. The first-order chi connectivity index (χ1) is 15.2. The third kappa shape index (κ3) is 3.28. The lowest BCUT2D eigenvalue weighted by atomic mass is 9.89. The largest absolute Gasteiger partial charge is 0.420 e. The molecule has 2 aliphatic heterocycles. The van der Waals surface area contributed by atoms with Crippen molar-refractivity contribution in [3.05, 3.63) is 53.4 Å². The van der Waals surface area contributed by atoms with Gasteiger partial charge in [0.1, 0.15) is 17.8 Å². The minimum atomic E-state index is -4.55. The van der Waals surface area contributed by atoms with E-state index in [0.29, 0.717) is 17.2 Å². The first kappa shape index (κ1) is 21.0. The second kappa shape index (κ2) is 7.33. The summed E-state index contributed by atoms with van der Waals surface area (Å²) in [7, 11) is 0. The van der Waals surface area contributed by atoms with E-state index >= 15 is 0 Å². The van der Waals surface area contributed by atoms with Crippen LogP contribution in [0.4, 0.5) is 13.2 Å². The van der Waals surface area contributed by atoms with Crippen LogP contribution in [0.15, 0.2) is 40.4 Å². The van der Waals surface area contributed by atoms with Crippen LogP contribution in [0.1, 0.15) is 62.8 Å². The number of allylic oxidation sites excluding steroid dienone is 1. The van der Waals surface area contributed by atoms with Gasteiger partial charge in [-0.25, -0.2) is 10.4 Å². The third-order valence-electron chi connectivity index (χ3n) is 6.83. The van der Waals surface area contributed by atoms with Gasteiger partial charge in [0.25, 0.3) is 11.8 Å². The van der Waals surface area contributed by atoms with Crippen LogP contribution in [0, 0.1) is 0 Å². The highest BCUT2D eigenvalue weighted by atomic mass is 19.4. The van der Waals surface area contributed by atoms with E-state index in [1.165, 1.54) is 0 Å². The number of amides is 1. The first-order valence-corrected chi connectivity index (χ1v) is 10.7. The predicted octanol–water partition coefficient (Wildman–Crippen LogP) is 3.62. The molecule has 7 nitrogen and oxygen atoms in total. The van der Waals surface area contributed by atoms with Crippen molar-refractivity contribution in [2.24, 2.45) is 0 Å². The Morgan fingerprint density at radius 1 is 1.16 bits per heavy atom. The molecule has 1 aromatic heterocycles. The highest BCUT2D eigenvalue weighted by Crippen LogP contribution is 2.43. The molecule has 1 aliphatic carbocycles. The van der Waals surface area contributed by atoms with Crippen LogP contribution >= 0.6 is 0 Å². The Bertz CT molecular complexity index is 1060. The fourth-order valence-electron chi connectivity index (χ4n) is 5.08. The SMILES string of the molecule is CC1=C(c2nnc(C3(C)CCCC3)o2)C(=O)N2NC(C(F)(F)F)C(c3ccccc3)C2N1. The predicted molar refractivity (Wildman–Crippen MR) is 109 cm³/mol. The number of rotatable bonds is 3. The monoisotopic (exact) mass is 447 g/mol. The van der Waals surface area contributed by atoms with Gasteiger partial charge in [-0.1, -0.05) is 50.1 Å². The third-order valence-corrected chi connectivity index (χ3v) is 6.83. The van der Waals surface area contributed by atoms with Crippen molar-refractivity contribution in [1.82, 2.24) is 25.9 Å². The topological polar surface area (TPSA) is 83.3 Å². The Hall–Kier alpha value is -2.88. The van der Waals surface area contributed by atoms with Gasteiger partial charge >= 0.3 is 6.18 Å². The van der Waals surface area contributed by atoms with Gasteiger partial charge in [-0.2, -0.15) is 13.2 Å². The Kier molecular flexibility index (Phi) is 4.81. The number of hydrazine groups is 1. The van der Waals surface area contributed by atoms with Gasteiger partial charge in [-0.05, 0) is 25.3 Å². The molecule has 3 unspecified atom stereocenters. The maximum absolute atomic E-state index is 13.9. The van der Waals surface area contributed by atoms with E-state index in [1.807, 2.05) is 0 Å². The zero-order chi connectivity index (χ0) is 22.7. The fourth-order valence-corrected chi connectivity index (χ4v) is 5.08. The summed E-state index contributed by atoms with van der Waals surface area (Å²) >= 11 is 0. The summed E-state index contributed by atoms with van der Waals surface area (Å²) in [5, 5.41) is 12.3. The number of aromatic nitrogens is 2. The first-order valence-electron chi connectivity index (χ1n) is 10.7. The molecule has 2 N–H and O–H groups in total. The average molecular weight is 447 g/mol. The quantitative estimate of drug-likeness (QED) is 0.748. The van der Waals surface area contributed by atoms with Crippen molar-refractivity contribution in [2.45, 2.75) is 69.2 Å². The van der Waals surface area contributed by atoms with Gasteiger partial charge in [0.15, 0.2) is 0 Å². The van der Waals surface area contributed by atoms with Crippen LogP contribution in [0.5, 0.6) is 0 Å². The van der Waals surface area contributed by atoms with Gasteiger partial charge in [0.2, 0.25) is 5.89 Å². The molecule has 32 heavy (non-hydrogen) atoms. The van der Waals surface area contributed by atoms with Gasteiger partial charge in [-0.15, -0.1) is 10.2 Å². The summed E-state index contributed by atoms with van der Waals surface area (Å²) < 4.78 is 47.6. The van der Waals surface area contributed by atoms with E-state index in [-0.39, 0.29) is 16.9 Å². The van der Waals surface area contributed by atoms with Crippen molar-refractivity contribution in [2.75, 3.05) is 0 Å². The molecule has 1 aromatic carbocycles. The zero-order valence-corrected chi connectivity index (χ0v) is 17.7. The lowest BCUT2D eigenvalue weighted by Crippen LogP contribution is -2.54. The second-order valence-corrected chi connectivity index (χ2v) is 9.03. The average Bonchev–Trinajstić information content (AvgIpc) is 3.47. The number of fused-ring (bicyclic) bond motifs is 1. The number of halogens is 3. The number of nitrogens with one attached hydrogen (secondary N) is 2. The summed E-state index contributed by atoms with van der Waals surface area (Å²) in [5.41, 5.74) is 3.14. The molecule has 5 rings (SSSR count). The second-order valence-electron chi connectivity index (χ2n) is 9.03. The minimum absolute atomic E-state index is 0.0232. The molecule has 3 atom stereocenters. The number of nitrogens with zero attached hydrogens (tertiary/aromatic N) is 3. The molecule has 2 aromatic rings. The molecule has 10 heteroatoms. The van der Waals surface area contributed by atoms with Crippen molar-refractivity contribution >= 4 is 11.5 Å². The van der Waals surface area contributed by atoms with Gasteiger partial charge in [0.05, 0.1) is 5.92 Å². The van der Waals surface area contributed by atoms with E-state index in [4.69, 9.17) is 4.42 Å². The van der Waals surface area contributed by atoms with Crippen LogP contribution < -0.4 is 10.7 Å². The maximum atomic E-state index is 13.9. The molecule has 170 valence electrons. The summed E-state index contributed by atoms with van der Waals surface area (Å²) in [6.45, 7) is 3.70. The van der Waals surface area contributed by atoms with Crippen molar-refractivity contribution in [3.8, 4) is 0 Å². The van der Waals surface area contributed by atoms with E-state index in [0.717, 1.165) is 30.7 Å². The van der Waals surface area contributed by atoms with Crippen LogP contribution in [-0.2, 0) is 10.2 Å². The molecule has 1 amide bonds. The Morgan fingerprint density at radius 2 is 1.84 bits per heavy atom. The lowest BCUT2D eigenvalue weighted by Gasteiger charge is -2.34. The van der Waals surface area contributed by atoms with Crippen molar-refractivity contribution in [3.63, 3.8) is 0 Å². The van der Waals surface area contributed by atoms with Crippen molar-refractivity contribution in [1.29, 1.82) is 0 Å². The maximum Gasteiger partial charge on any atom is 0.406 e. The highest BCUT2D eigenvalue weighted by Gasteiger charge is 2.58. The number of alkyl halides is 3. The molecular formula is C22H24F3N5O2. The van der Waals surface area contributed by atoms with Crippen LogP contribution in [-0.4, -0.2) is 39.5 Å². The van der Waals surface area contributed by atoms with E-state index in [2.05, 4.69) is 27.9 Å². The Morgan fingerprint density at radius 3 is 2.50 bits per heavy atom. The summed E-state index contributed by atoms with van der Waals surface area (Å²) in [6, 6.07) is 6.48. The van der Waals surface area contributed by atoms with Crippen molar-refractivity contribution < 1.29 is 22.4 Å². The standard InChI is InChI=1S/C22H24F3N5O2/c1-12-14(18-27-28-20(32-18)21(2)10-6-7-11-21)19(31)30-17(26-12)15(13-8-4-3-5-9-13)16(29-30)22(23,24)25/h3-5,8-9,15-17,26,29H,6-7,10-11H2,1-2H3. The fraction of sp³-hybridized carbons (Fsp3) is 0.500. The number of hydrogen-bond acceptors (Lipinski definition) is 6. The number of carbonyl (C=O) groups excluding carboxylic acids is 1. The molecule has 2 fully saturated rings. The Labute approximate surface area is 183 Å². The molecule has 1 saturated carbocycles. The normalized spacial score (nSPS) is 27.6. The number of carbonyl (C=O) groups is 1. The van der Waals surface area contributed by atoms with E-state index < -0.39 is 30.2 Å². The van der Waals surface area contributed by atoms with E-state index in [1.54, 1.807) is 37.3 Å². The van der Waals surface area contributed by atoms with Gasteiger partial charge in [-0.3, -0.25) is 4.79 Å². The molecule has 3 heterocycles. The summed E-state index contributed by atoms with van der Waals surface area (Å²) in [5.74, 6) is -1.15. The summed E-state index contributed by atoms with van der Waals surface area (Å²) in [6.07, 6.45) is -1.50. The Balaban J connectivity index is 1.51. The summed E-state index contributed by atoms with van der Waals surface area (Å²) in [4.78, 5) is 13.3. The van der Waals surface area contributed by atoms with Crippen LogP contribution in [0.3, 0.4) is 0 Å². The molecule has 3 aliphatic rings. The van der Waals surface area contributed by atoms with Gasteiger partial charge < -0.3 is 9.73 Å². The van der Waals surface area contributed by atoms with E-state index in [9.17, 15) is 18.0 Å². The van der Waals surface area contributed by atoms with Crippen LogP contribution in [0.25, 0.3) is 5.57 Å². The lowest BCUT2D eigenvalue weighted by molar-refractivity contribution is -0.161. The smallest absolute Gasteiger partial charge is 0.406 e. The number of hydrogen-bond donors (Lipinski definition) is 2. The van der Waals surface area contributed by atoms with Crippen LogP contribution in [0.2, 0.25) is 0 Å². The zero-order valence-electron chi connectivity index (χ0n) is 17.7. The molecule has 0 bridgehead atoms. The molecule has 1 saturated heterocycles. The number of benzene rings is 1.